The van der Waals surface area contributed by atoms with Gasteiger partial charge in [0, 0.05) is 25.4 Å². The van der Waals surface area contributed by atoms with E-state index in [0.29, 0.717) is 6.73 Å². The minimum absolute atomic E-state index is 0.549. The maximum atomic E-state index is 7.32. The fraction of sp³-hybridized carbons (Fsp3) is 0.480. The molecule has 0 spiro atoms. The van der Waals surface area contributed by atoms with E-state index in [1.807, 2.05) is 33.8 Å². The minimum Gasteiger partial charge on any atom is -0.364 e. The number of methoxy groups -OCH3 is 1. The van der Waals surface area contributed by atoms with Gasteiger partial charge in [0.15, 0.2) is 0 Å². The molecule has 0 amide bonds. The van der Waals surface area contributed by atoms with Gasteiger partial charge >= 0.3 is 0 Å². The SMILES string of the molecule is CC.CC.CC#N.COCN(c1ccccc1)c1c(C)c(C)c(C)c(C)c1C. The Kier molecular flexibility index (Phi) is 15.7. The Morgan fingerprint density at radius 3 is 1.50 bits per heavy atom. The van der Waals surface area contributed by atoms with Crippen LogP contribution in [-0.4, -0.2) is 13.8 Å². The van der Waals surface area contributed by atoms with Gasteiger partial charge in [-0.15, -0.1) is 0 Å². The van der Waals surface area contributed by atoms with Crippen LogP contribution in [0.1, 0.15) is 62.4 Å². The molecule has 2 rings (SSSR count). The second kappa shape index (κ2) is 15.7. The van der Waals surface area contributed by atoms with Crippen LogP contribution in [0.3, 0.4) is 0 Å². The number of nitrogens with zero attached hydrogens (tertiary/aromatic N) is 2. The Balaban J connectivity index is 0. The highest BCUT2D eigenvalue weighted by molar-refractivity contribution is 5.73. The Morgan fingerprint density at radius 2 is 1.14 bits per heavy atom. The van der Waals surface area contributed by atoms with Crippen molar-refractivity contribution in [2.24, 2.45) is 0 Å². The Bertz CT molecular complexity index is 687. The van der Waals surface area contributed by atoms with Crippen LogP contribution in [-0.2, 0) is 4.74 Å². The van der Waals surface area contributed by atoms with Crippen LogP contribution >= 0.6 is 0 Å². The van der Waals surface area contributed by atoms with E-state index in [9.17, 15) is 0 Å². The van der Waals surface area contributed by atoms with Gasteiger partial charge in [-0.1, -0.05) is 45.9 Å². The summed E-state index contributed by atoms with van der Waals surface area (Å²) in [4.78, 5) is 2.25. The average Bonchev–Trinajstić information content (AvgIpc) is 2.74. The summed E-state index contributed by atoms with van der Waals surface area (Å²) in [7, 11) is 1.74. The number of para-hydroxylation sites is 1. The van der Waals surface area contributed by atoms with Crippen LogP contribution in [0.4, 0.5) is 11.4 Å². The zero-order valence-corrected chi connectivity index (χ0v) is 19.9. The second-order valence-corrected chi connectivity index (χ2v) is 5.88. The van der Waals surface area contributed by atoms with Gasteiger partial charge < -0.3 is 9.64 Å². The molecular formula is C25H40N2O. The van der Waals surface area contributed by atoms with Crippen LogP contribution in [0.5, 0.6) is 0 Å². The maximum absolute atomic E-state index is 7.32. The van der Waals surface area contributed by atoms with Crippen molar-refractivity contribution in [2.75, 3.05) is 18.7 Å². The third-order valence-electron chi connectivity index (χ3n) is 4.56. The van der Waals surface area contributed by atoms with E-state index >= 15 is 0 Å². The van der Waals surface area contributed by atoms with Gasteiger partial charge in [0.05, 0.1) is 6.07 Å². The lowest BCUT2D eigenvalue weighted by atomic mass is 9.92. The van der Waals surface area contributed by atoms with E-state index in [0.717, 1.165) is 5.69 Å². The molecule has 0 aromatic heterocycles. The predicted molar refractivity (Wildman–Crippen MR) is 125 cm³/mol. The summed E-state index contributed by atoms with van der Waals surface area (Å²) in [5.41, 5.74) is 9.21. The summed E-state index contributed by atoms with van der Waals surface area (Å²) >= 11 is 0. The summed E-state index contributed by atoms with van der Waals surface area (Å²) in [6, 6.07) is 12.2. The van der Waals surface area contributed by atoms with Crippen LogP contribution in [0.2, 0.25) is 0 Å². The molecule has 0 saturated heterocycles. The molecule has 3 nitrogen and oxygen atoms in total. The first-order valence-corrected chi connectivity index (χ1v) is 10.1. The highest BCUT2D eigenvalue weighted by Gasteiger charge is 2.18. The molecule has 0 atom stereocenters. The first kappa shape index (κ1) is 27.9. The van der Waals surface area contributed by atoms with Gasteiger partial charge in [0.25, 0.3) is 0 Å². The first-order valence-electron chi connectivity index (χ1n) is 10.1. The molecule has 0 heterocycles. The van der Waals surface area contributed by atoms with Gasteiger partial charge in [0.1, 0.15) is 6.73 Å². The second-order valence-electron chi connectivity index (χ2n) is 5.88. The Morgan fingerprint density at radius 1 is 0.786 bits per heavy atom. The number of anilines is 2. The highest BCUT2D eigenvalue weighted by Crippen LogP contribution is 2.36. The normalized spacial score (nSPS) is 8.79. The van der Waals surface area contributed by atoms with Crippen molar-refractivity contribution in [3.63, 3.8) is 0 Å². The summed E-state index contributed by atoms with van der Waals surface area (Å²) in [5, 5.41) is 7.32. The third kappa shape index (κ3) is 7.37. The Hall–Kier alpha value is -2.31. The van der Waals surface area contributed by atoms with Crippen molar-refractivity contribution in [1.82, 2.24) is 0 Å². The van der Waals surface area contributed by atoms with Crippen molar-refractivity contribution in [1.29, 1.82) is 5.26 Å². The van der Waals surface area contributed by atoms with Crippen LogP contribution in [0, 0.1) is 45.9 Å². The van der Waals surface area contributed by atoms with Gasteiger partial charge in [-0.05, 0) is 74.6 Å². The third-order valence-corrected chi connectivity index (χ3v) is 4.56. The van der Waals surface area contributed by atoms with Crippen LogP contribution in [0.15, 0.2) is 30.3 Å². The van der Waals surface area contributed by atoms with Gasteiger partial charge in [-0.25, -0.2) is 0 Å². The summed E-state index contributed by atoms with van der Waals surface area (Å²) in [6.07, 6.45) is 0. The molecule has 156 valence electrons. The molecule has 2 aromatic carbocycles. The number of benzene rings is 2. The molecular weight excluding hydrogens is 344 g/mol. The molecule has 0 fully saturated rings. The maximum Gasteiger partial charge on any atom is 0.123 e. The highest BCUT2D eigenvalue weighted by atomic mass is 16.5. The Labute approximate surface area is 174 Å². The smallest absolute Gasteiger partial charge is 0.123 e. The lowest BCUT2D eigenvalue weighted by molar-refractivity contribution is 0.206. The van der Waals surface area contributed by atoms with Crippen molar-refractivity contribution in [3.05, 3.63) is 58.1 Å². The predicted octanol–water partition coefficient (Wildman–Crippen LogP) is 7.55. The molecule has 0 saturated carbocycles. The van der Waals surface area contributed by atoms with Crippen molar-refractivity contribution in [3.8, 4) is 6.07 Å². The molecule has 2 aromatic rings. The zero-order chi connectivity index (χ0) is 22.3. The number of hydrogen-bond acceptors (Lipinski definition) is 3. The first-order chi connectivity index (χ1) is 13.4. The fourth-order valence-corrected chi connectivity index (χ4v) is 2.89. The van der Waals surface area contributed by atoms with Gasteiger partial charge in [0.2, 0.25) is 0 Å². The molecule has 3 heteroatoms. The summed E-state index contributed by atoms with van der Waals surface area (Å²) in [6.45, 7) is 21.0. The van der Waals surface area contributed by atoms with Gasteiger partial charge in [-0.3, -0.25) is 0 Å². The lowest BCUT2D eigenvalue weighted by Gasteiger charge is -2.30. The lowest BCUT2D eigenvalue weighted by Crippen LogP contribution is -2.22. The van der Waals surface area contributed by atoms with Crippen LogP contribution < -0.4 is 4.90 Å². The van der Waals surface area contributed by atoms with E-state index in [4.69, 9.17) is 10.00 Å². The monoisotopic (exact) mass is 384 g/mol. The molecule has 0 aliphatic carbocycles. The molecule has 0 radical (unpaired) electrons. The number of nitriles is 1. The average molecular weight is 385 g/mol. The quantitative estimate of drug-likeness (QED) is 0.510. The van der Waals surface area contributed by atoms with Crippen LogP contribution in [0.25, 0.3) is 0 Å². The zero-order valence-electron chi connectivity index (χ0n) is 19.9. The fourth-order valence-electron chi connectivity index (χ4n) is 2.89. The number of hydrogen-bond donors (Lipinski definition) is 0. The van der Waals surface area contributed by atoms with Crippen molar-refractivity contribution >= 4 is 11.4 Å². The molecule has 0 N–H and O–H groups in total. The molecule has 0 aliphatic rings. The number of ether oxygens (including phenoxy) is 1. The van der Waals surface area contributed by atoms with E-state index in [1.54, 1.807) is 13.2 Å². The standard InChI is InChI=1S/C19H25NO.C2H3N.2C2H6/c1-13-14(2)16(4)19(17(5)15(13)3)20(12-21-6)18-10-8-7-9-11-18;1-2-3;2*1-2/h7-11H,12H2,1-6H3;1H3;2*1-2H3. The molecule has 28 heavy (non-hydrogen) atoms. The largest absolute Gasteiger partial charge is 0.364 e. The van der Waals surface area contributed by atoms with E-state index in [-0.39, 0.29) is 0 Å². The van der Waals surface area contributed by atoms with E-state index < -0.39 is 0 Å². The molecule has 0 unspecified atom stereocenters. The molecule has 0 aliphatic heterocycles. The van der Waals surface area contributed by atoms with Crippen molar-refractivity contribution < 1.29 is 4.74 Å². The number of rotatable bonds is 4. The summed E-state index contributed by atoms with van der Waals surface area (Å²) in [5.74, 6) is 0. The summed E-state index contributed by atoms with van der Waals surface area (Å²) < 4.78 is 5.46. The molecule has 0 bridgehead atoms. The van der Waals surface area contributed by atoms with E-state index in [2.05, 4.69) is 63.8 Å². The minimum atomic E-state index is 0.549. The van der Waals surface area contributed by atoms with E-state index in [1.165, 1.54) is 40.4 Å². The van der Waals surface area contributed by atoms with Crippen molar-refractivity contribution in [2.45, 2.75) is 69.2 Å². The topological polar surface area (TPSA) is 36.3 Å². The van der Waals surface area contributed by atoms with Gasteiger partial charge in [-0.2, -0.15) is 5.26 Å².